The van der Waals surface area contributed by atoms with Gasteiger partial charge in [0.15, 0.2) is 11.6 Å². The minimum atomic E-state index is -1.11. The number of aromatic nitrogens is 1. The fourth-order valence-corrected chi connectivity index (χ4v) is 4.29. The van der Waals surface area contributed by atoms with Crippen molar-refractivity contribution in [1.29, 1.82) is 0 Å². The summed E-state index contributed by atoms with van der Waals surface area (Å²) in [5.41, 5.74) is 1.30. The van der Waals surface area contributed by atoms with E-state index in [2.05, 4.69) is 10.3 Å². The minimum absolute atomic E-state index is 0.151. The number of hydrogen-bond donors (Lipinski definition) is 2. The van der Waals surface area contributed by atoms with Crippen molar-refractivity contribution in [1.82, 2.24) is 15.2 Å². The number of carbonyl (C=O) groups is 3. The first-order valence-corrected chi connectivity index (χ1v) is 11.1. The number of unbranched alkanes of at least 4 members (excludes halogenated alkanes) is 1. The average Bonchev–Trinajstić information content (AvgIpc) is 3.04. The summed E-state index contributed by atoms with van der Waals surface area (Å²) >= 11 is 6.43. The van der Waals surface area contributed by atoms with E-state index in [1.807, 2.05) is 0 Å². The van der Waals surface area contributed by atoms with E-state index < -0.39 is 24.1 Å². The van der Waals surface area contributed by atoms with Crippen molar-refractivity contribution in [3.63, 3.8) is 0 Å². The maximum Gasteiger partial charge on any atom is 0.322 e. The van der Waals surface area contributed by atoms with Crippen LogP contribution in [-0.4, -0.2) is 50.2 Å². The highest BCUT2D eigenvalue weighted by Crippen LogP contribution is 2.33. The molecule has 2 N–H and O–H groups in total. The Hall–Kier alpha value is -3.18. The van der Waals surface area contributed by atoms with Crippen LogP contribution in [0.3, 0.4) is 0 Å². The molecule has 1 fully saturated rings. The molecule has 0 atom stereocenters. The third-order valence-electron chi connectivity index (χ3n) is 4.61. The van der Waals surface area contributed by atoms with Crippen LogP contribution in [0.5, 0.6) is 0 Å². The molecule has 33 heavy (non-hydrogen) atoms. The van der Waals surface area contributed by atoms with Crippen LogP contribution in [0, 0.1) is 11.6 Å². The molecule has 1 aliphatic heterocycles. The molecule has 1 aromatic heterocycles. The zero-order valence-corrected chi connectivity index (χ0v) is 18.8. The van der Waals surface area contributed by atoms with Crippen LogP contribution in [0.1, 0.15) is 25.0 Å². The Morgan fingerprint density at radius 1 is 1.18 bits per heavy atom. The quantitative estimate of drug-likeness (QED) is 0.314. The largest absolute Gasteiger partial charge is 0.480 e. The Morgan fingerprint density at radius 2 is 1.97 bits per heavy atom. The third kappa shape index (κ3) is 6.65. The first-order valence-electron chi connectivity index (χ1n) is 9.91. The van der Waals surface area contributed by atoms with Crippen molar-refractivity contribution in [2.45, 2.75) is 19.3 Å². The maximum absolute atomic E-state index is 13.5. The lowest BCUT2D eigenvalue weighted by atomic mass is 10.1. The zero-order valence-electron chi connectivity index (χ0n) is 17.2. The monoisotopic (exact) mass is 491 g/mol. The number of amides is 2. The summed E-state index contributed by atoms with van der Waals surface area (Å²) in [6.45, 7) is -0.0970. The summed E-state index contributed by atoms with van der Waals surface area (Å²) in [6.07, 6.45) is 2.73. The Morgan fingerprint density at radius 3 is 2.70 bits per heavy atom. The summed E-state index contributed by atoms with van der Waals surface area (Å²) in [6, 6.07) is 8.55. The molecule has 1 saturated heterocycles. The number of aliphatic carboxylic acids is 1. The smallest absolute Gasteiger partial charge is 0.322 e. The molecule has 0 aliphatic carbocycles. The zero-order chi connectivity index (χ0) is 24.0. The molecule has 1 aliphatic rings. The highest BCUT2D eigenvalue weighted by molar-refractivity contribution is 8.26. The molecule has 11 heteroatoms. The number of carboxylic acids is 1. The van der Waals surface area contributed by atoms with E-state index in [0.29, 0.717) is 45.6 Å². The molecule has 0 saturated carbocycles. The van der Waals surface area contributed by atoms with Gasteiger partial charge in [0.1, 0.15) is 10.9 Å². The Balaban J connectivity index is 1.61. The second kappa shape index (κ2) is 11.1. The average molecular weight is 492 g/mol. The van der Waals surface area contributed by atoms with E-state index >= 15 is 0 Å². The number of nitrogens with zero attached hydrogens (tertiary/aromatic N) is 2. The number of halogens is 2. The van der Waals surface area contributed by atoms with E-state index in [-0.39, 0.29) is 18.2 Å². The number of thioether (sulfide) groups is 1. The van der Waals surface area contributed by atoms with Gasteiger partial charge in [-0.3, -0.25) is 19.3 Å². The first-order chi connectivity index (χ1) is 15.7. The van der Waals surface area contributed by atoms with Crippen LogP contribution in [0.2, 0.25) is 0 Å². The predicted molar refractivity (Wildman–Crippen MR) is 124 cm³/mol. The first kappa shape index (κ1) is 24.5. The van der Waals surface area contributed by atoms with Crippen LogP contribution < -0.4 is 5.32 Å². The van der Waals surface area contributed by atoms with Gasteiger partial charge in [-0.2, -0.15) is 0 Å². The van der Waals surface area contributed by atoms with Gasteiger partial charge >= 0.3 is 5.97 Å². The number of carbonyl (C=O) groups excluding carboxylic acids is 2. The highest BCUT2D eigenvalue weighted by atomic mass is 32.2. The van der Waals surface area contributed by atoms with Gasteiger partial charge in [-0.25, -0.2) is 13.8 Å². The molecule has 2 aromatic rings. The molecule has 2 heterocycles. The number of rotatable bonds is 9. The Labute approximate surface area is 197 Å². The van der Waals surface area contributed by atoms with Crippen LogP contribution in [0.15, 0.2) is 41.3 Å². The highest BCUT2D eigenvalue weighted by Gasteiger charge is 2.31. The van der Waals surface area contributed by atoms with Crippen molar-refractivity contribution < 1.29 is 28.3 Å². The van der Waals surface area contributed by atoms with Crippen molar-refractivity contribution >= 4 is 52.2 Å². The van der Waals surface area contributed by atoms with E-state index in [1.54, 1.807) is 24.3 Å². The van der Waals surface area contributed by atoms with Crippen molar-refractivity contribution in [3.8, 4) is 11.3 Å². The van der Waals surface area contributed by atoms with E-state index in [4.69, 9.17) is 17.3 Å². The molecule has 0 unspecified atom stereocenters. The lowest BCUT2D eigenvalue weighted by molar-refractivity contribution is -0.138. The standard InChI is InChI=1S/C22H19F2N3O4S2/c23-15-8-7-13(10-16(15)24)17-5-3-4-14(26-17)11-18-21(31)27(22(32)33-18)9-2-1-6-19(28)25-12-20(29)30/h3-5,7-8,10-11H,1-2,6,9,12H2,(H,25,28)(H,29,30). The van der Waals surface area contributed by atoms with Gasteiger partial charge < -0.3 is 10.4 Å². The molecule has 7 nitrogen and oxygen atoms in total. The number of hydrogen-bond acceptors (Lipinski definition) is 6. The summed E-state index contributed by atoms with van der Waals surface area (Å²) in [7, 11) is 0. The fourth-order valence-electron chi connectivity index (χ4n) is 2.99. The molecule has 0 bridgehead atoms. The molecule has 3 rings (SSSR count). The predicted octanol–water partition coefficient (Wildman–Crippen LogP) is 3.60. The van der Waals surface area contributed by atoms with E-state index in [1.165, 1.54) is 11.0 Å². The van der Waals surface area contributed by atoms with Gasteiger partial charge in [-0.1, -0.05) is 30.0 Å². The SMILES string of the molecule is O=C(O)CNC(=O)CCCCN1C(=O)C(=Cc2cccc(-c3ccc(F)c(F)c3)n2)SC1=S. The van der Waals surface area contributed by atoms with Gasteiger partial charge in [-0.05, 0) is 49.2 Å². The van der Waals surface area contributed by atoms with Crippen LogP contribution in [0.4, 0.5) is 8.78 Å². The van der Waals surface area contributed by atoms with Crippen molar-refractivity contribution in [2.24, 2.45) is 0 Å². The number of benzene rings is 1. The van der Waals surface area contributed by atoms with E-state index in [0.717, 1.165) is 23.9 Å². The summed E-state index contributed by atoms with van der Waals surface area (Å²) in [5, 5.41) is 10.8. The number of carboxylic acid groups (broad SMARTS) is 1. The van der Waals surface area contributed by atoms with Gasteiger partial charge in [-0.15, -0.1) is 0 Å². The molecular weight excluding hydrogens is 472 g/mol. The van der Waals surface area contributed by atoms with Crippen LogP contribution in [0.25, 0.3) is 17.3 Å². The third-order valence-corrected chi connectivity index (χ3v) is 5.99. The lowest BCUT2D eigenvalue weighted by Crippen LogP contribution is -2.30. The molecule has 0 spiro atoms. The van der Waals surface area contributed by atoms with Crippen LogP contribution >= 0.6 is 24.0 Å². The van der Waals surface area contributed by atoms with Gasteiger partial charge in [0.25, 0.3) is 5.91 Å². The molecular formula is C22H19F2N3O4S2. The van der Waals surface area contributed by atoms with Gasteiger partial charge in [0, 0.05) is 18.5 Å². The molecule has 0 radical (unpaired) electrons. The second-order valence-corrected chi connectivity index (χ2v) is 8.71. The summed E-state index contributed by atoms with van der Waals surface area (Å²) < 4.78 is 27.1. The van der Waals surface area contributed by atoms with Crippen molar-refractivity contribution in [2.75, 3.05) is 13.1 Å². The summed E-state index contributed by atoms with van der Waals surface area (Å²) in [4.78, 5) is 41.0. The van der Waals surface area contributed by atoms with E-state index in [9.17, 15) is 23.2 Å². The molecule has 172 valence electrons. The molecule has 2 amide bonds. The Kier molecular flexibility index (Phi) is 8.23. The number of nitrogens with one attached hydrogen (secondary N) is 1. The number of pyridine rings is 1. The normalized spacial score (nSPS) is 14.7. The van der Waals surface area contributed by atoms with Crippen LogP contribution in [-0.2, 0) is 14.4 Å². The van der Waals surface area contributed by atoms with Gasteiger partial charge in [0.2, 0.25) is 5.91 Å². The summed E-state index contributed by atoms with van der Waals surface area (Å²) in [5.74, 6) is -3.67. The topological polar surface area (TPSA) is 99.6 Å². The Bertz CT molecular complexity index is 1140. The lowest BCUT2D eigenvalue weighted by Gasteiger charge is -2.13. The fraction of sp³-hybridized carbons (Fsp3) is 0.227. The van der Waals surface area contributed by atoms with Gasteiger partial charge in [0.05, 0.1) is 16.3 Å². The maximum atomic E-state index is 13.5. The minimum Gasteiger partial charge on any atom is -0.480 e. The second-order valence-electron chi connectivity index (χ2n) is 7.04. The molecule has 1 aromatic carbocycles. The van der Waals surface area contributed by atoms with Crippen molar-refractivity contribution in [3.05, 3.63) is 58.6 Å². The number of thiocarbonyl (C=S) groups is 1.